The topological polar surface area (TPSA) is 72.5 Å². The number of aryl methyl sites for hydroxylation is 2. The summed E-state index contributed by atoms with van der Waals surface area (Å²) < 4.78 is 10.5. The number of aromatic nitrogens is 1. The van der Waals surface area contributed by atoms with Crippen molar-refractivity contribution in [2.24, 2.45) is 0 Å². The van der Waals surface area contributed by atoms with E-state index in [4.69, 9.17) is 9.47 Å². The number of methoxy groups -OCH3 is 2. The van der Waals surface area contributed by atoms with Crippen LogP contribution in [0.25, 0.3) is 0 Å². The van der Waals surface area contributed by atoms with Crippen molar-refractivity contribution in [3.8, 4) is 11.5 Å². The highest BCUT2D eigenvalue weighted by molar-refractivity contribution is 6.04. The Morgan fingerprint density at radius 2 is 1.75 bits per heavy atom. The van der Waals surface area contributed by atoms with Crippen LogP contribution in [0.2, 0.25) is 0 Å². The molecule has 1 aromatic heterocycles. The average Bonchev–Trinajstić information content (AvgIpc) is 2.71. The van der Waals surface area contributed by atoms with Gasteiger partial charge in [-0.3, -0.25) is 9.78 Å². The SMILES string of the molecule is COc1ccc(NC(=O)c2cc(Nc3cc(C)ccc3C)ccn2)c(OC)c1. The van der Waals surface area contributed by atoms with Crippen LogP contribution in [0.15, 0.2) is 54.7 Å². The first kappa shape index (κ1) is 19.2. The first-order valence-electron chi connectivity index (χ1n) is 8.84. The van der Waals surface area contributed by atoms with Crippen LogP contribution in [0.3, 0.4) is 0 Å². The number of carbonyl (C=O) groups excluding carboxylic acids is 1. The molecule has 6 nitrogen and oxygen atoms in total. The molecule has 0 aliphatic carbocycles. The highest BCUT2D eigenvalue weighted by Gasteiger charge is 2.13. The molecule has 3 rings (SSSR count). The second-order valence-corrected chi connectivity index (χ2v) is 6.39. The van der Waals surface area contributed by atoms with Crippen LogP contribution >= 0.6 is 0 Å². The van der Waals surface area contributed by atoms with Gasteiger partial charge in [0.25, 0.3) is 5.91 Å². The molecule has 0 fully saturated rings. The number of nitrogens with one attached hydrogen (secondary N) is 2. The molecule has 3 aromatic rings. The third-order valence-corrected chi connectivity index (χ3v) is 4.32. The van der Waals surface area contributed by atoms with Crippen molar-refractivity contribution in [2.45, 2.75) is 13.8 Å². The van der Waals surface area contributed by atoms with Crippen LogP contribution in [0.4, 0.5) is 17.1 Å². The van der Waals surface area contributed by atoms with Crippen LogP contribution in [-0.4, -0.2) is 25.1 Å². The van der Waals surface area contributed by atoms with E-state index in [1.807, 2.05) is 19.9 Å². The number of hydrogen-bond acceptors (Lipinski definition) is 5. The molecule has 2 N–H and O–H groups in total. The summed E-state index contributed by atoms with van der Waals surface area (Å²) >= 11 is 0. The van der Waals surface area contributed by atoms with Gasteiger partial charge in [0.05, 0.1) is 19.9 Å². The highest BCUT2D eigenvalue weighted by Crippen LogP contribution is 2.29. The number of carbonyl (C=O) groups is 1. The number of amides is 1. The van der Waals surface area contributed by atoms with Gasteiger partial charge >= 0.3 is 0 Å². The van der Waals surface area contributed by atoms with Crippen molar-refractivity contribution in [1.29, 1.82) is 0 Å². The van der Waals surface area contributed by atoms with Crippen molar-refractivity contribution in [3.05, 3.63) is 71.5 Å². The molecule has 1 heterocycles. The van der Waals surface area contributed by atoms with E-state index in [0.29, 0.717) is 22.9 Å². The lowest BCUT2D eigenvalue weighted by atomic mass is 10.1. The van der Waals surface area contributed by atoms with E-state index < -0.39 is 0 Å². The second-order valence-electron chi connectivity index (χ2n) is 6.39. The Kier molecular flexibility index (Phi) is 5.79. The normalized spacial score (nSPS) is 10.3. The molecule has 6 heteroatoms. The number of anilines is 3. The Balaban J connectivity index is 1.80. The zero-order valence-corrected chi connectivity index (χ0v) is 16.4. The summed E-state index contributed by atoms with van der Waals surface area (Å²) in [6, 6.07) is 14.9. The van der Waals surface area contributed by atoms with E-state index in [1.54, 1.807) is 37.6 Å². The summed E-state index contributed by atoms with van der Waals surface area (Å²) in [6.45, 7) is 4.07. The van der Waals surface area contributed by atoms with E-state index in [-0.39, 0.29) is 5.91 Å². The second kappa shape index (κ2) is 8.43. The summed E-state index contributed by atoms with van der Waals surface area (Å²) in [4.78, 5) is 16.9. The number of hydrogen-bond donors (Lipinski definition) is 2. The zero-order chi connectivity index (χ0) is 20.1. The van der Waals surface area contributed by atoms with Crippen molar-refractivity contribution in [1.82, 2.24) is 4.98 Å². The molecule has 2 aromatic carbocycles. The molecule has 0 atom stereocenters. The first-order valence-corrected chi connectivity index (χ1v) is 8.84. The average molecular weight is 377 g/mol. The minimum Gasteiger partial charge on any atom is -0.497 e. The molecule has 0 aliphatic rings. The molecular weight excluding hydrogens is 354 g/mol. The van der Waals surface area contributed by atoms with Crippen LogP contribution in [0.5, 0.6) is 11.5 Å². The number of rotatable bonds is 6. The number of nitrogens with zero attached hydrogens (tertiary/aromatic N) is 1. The maximum absolute atomic E-state index is 12.7. The Bertz CT molecular complexity index is 1000. The van der Waals surface area contributed by atoms with Crippen LogP contribution in [0.1, 0.15) is 21.6 Å². The van der Waals surface area contributed by atoms with Gasteiger partial charge in [-0.25, -0.2) is 0 Å². The van der Waals surface area contributed by atoms with E-state index >= 15 is 0 Å². The molecule has 0 radical (unpaired) electrons. The minimum absolute atomic E-state index is 0.299. The summed E-state index contributed by atoms with van der Waals surface area (Å²) in [5.74, 6) is 0.832. The fourth-order valence-electron chi connectivity index (χ4n) is 2.75. The quantitative estimate of drug-likeness (QED) is 0.651. The Hall–Kier alpha value is -3.54. The molecule has 144 valence electrons. The van der Waals surface area contributed by atoms with Gasteiger partial charge in [0.2, 0.25) is 0 Å². The van der Waals surface area contributed by atoms with Crippen molar-refractivity contribution in [2.75, 3.05) is 24.9 Å². The Morgan fingerprint density at radius 1 is 0.929 bits per heavy atom. The Labute approximate surface area is 164 Å². The minimum atomic E-state index is -0.326. The van der Waals surface area contributed by atoms with Gasteiger partial charge in [-0.15, -0.1) is 0 Å². The van der Waals surface area contributed by atoms with Crippen molar-refractivity contribution >= 4 is 23.0 Å². The third kappa shape index (κ3) is 4.40. The van der Waals surface area contributed by atoms with E-state index in [0.717, 1.165) is 22.5 Å². The number of pyridine rings is 1. The fourth-order valence-corrected chi connectivity index (χ4v) is 2.75. The van der Waals surface area contributed by atoms with Crippen LogP contribution < -0.4 is 20.1 Å². The third-order valence-electron chi connectivity index (χ3n) is 4.32. The van der Waals surface area contributed by atoms with Gasteiger partial charge in [-0.1, -0.05) is 12.1 Å². The monoisotopic (exact) mass is 377 g/mol. The zero-order valence-electron chi connectivity index (χ0n) is 16.4. The molecule has 0 saturated carbocycles. The van der Waals surface area contributed by atoms with Gasteiger partial charge in [0, 0.05) is 23.6 Å². The summed E-state index contributed by atoms with van der Waals surface area (Å²) in [6.07, 6.45) is 1.60. The van der Waals surface area contributed by atoms with E-state index in [9.17, 15) is 4.79 Å². The standard InChI is InChI=1S/C22H23N3O3/c1-14-5-6-15(2)19(11-14)24-16-9-10-23-20(12-16)22(26)25-18-8-7-17(27-3)13-21(18)28-4/h5-13H,1-4H3,(H,23,24)(H,25,26). The van der Waals surface area contributed by atoms with Gasteiger partial charge in [-0.2, -0.15) is 0 Å². The number of benzene rings is 2. The molecule has 0 saturated heterocycles. The smallest absolute Gasteiger partial charge is 0.274 e. The predicted octanol–water partition coefficient (Wildman–Crippen LogP) is 4.71. The Morgan fingerprint density at radius 3 is 2.50 bits per heavy atom. The lowest BCUT2D eigenvalue weighted by molar-refractivity contribution is 0.102. The van der Waals surface area contributed by atoms with Crippen LogP contribution in [-0.2, 0) is 0 Å². The van der Waals surface area contributed by atoms with Crippen molar-refractivity contribution < 1.29 is 14.3 Å². The summed E-state index contributed by atoms with van der Waals surface area (Å²) in [5, 5.41) is 6.18. The van der Waals surface area contributed by atoms with Crippen LogP contribution in [0, 0.1) is 13.8 Å². The first-order chi connectivity index (χ1) is 13.5. The maximum atomic E-state index is 12.7. The largest absolute Gasteiger partial charge is 0.497 e. The fraction of sp³-hybridized carbons (Fsp3) is 0.182. The molecule has 1 amide bonds. The van der Waals surface area contributed by atoms with E-state index in [1.165, 1.54) is 7.11 Å². The van der Waals surface area contributed by atoms with Gasteiger partial charge in [0.1, 0.15) is 17.2 Å². The van der Waals surface area contributed by atoms with E-state index in [2.05, 4.69) is 33.8 Å². The van der Waals surface area contributed by atoms with Gasteiger partial charge < -0.3 is 20.1 Å². The predicted molar refractivity (Wildman–Crippen MR) is 111 cm³/mol. The summed E-state index contributed by atoms with van der Waals surface area (Å²) in [5.41, 5.74) is 4.91. The highest BCUT2D eigenvalue weighted by atomic mass is 16.5. The molecular formula is C22H23N3O3. The molecule has 0 bridgehead atoms. The van der Waals surface area contributed by atoms with Gasteiger partial charge in [-0.05, 0) is 55.3 Å². The lowest BCUT2D eigenvalue weighted by Crippen LogP contribution is -2.14. The maximum Gasteiger partial charge on any atom is 0.274 e. The van der Waals surface area contributed by atoms with Crippen molar-refractivity contribution in [3.63, 3.8) is 0 Å². The molecule has 0 spiro atoms. The molecule has 0 aliphatic heterocycles. The number of ether oxygens (including phenoxy) is 2. The van der Waals surface area contributed by atoms with Gasteiger partial charge in [0.15, 0.2) is 0 Å². The molecule has 0 unspecified atom stereocenters. The molecule has 28 heavy (non-hydrogen) atoms. The summed E-state index contributed by atoms with van der Waals surface area (Å²) in [7, 11) is 3.11. The lowest BCUT2D eigenvalue weighted by Gasteiger charge is -2.13.